The van der Waals surface area contributed by atoms with Crippen LogP contribution < -0.4 is 0 Å². The number of alkyl halides is 4. The van der Waals surface area contributed by atoms with Crippen molar-refractivity contribution in [3.8, 4) is 0 Å². The first-order chi connectivity index (χ1) is 9.11. The summed E-state index contributed by atoms with van der Waals surface area (Å²) in [6.45, 7) is 3.62. The third kappa shape index (κ3) is 1.71. The predicted molar refractivity (Wildman–Crippen MR) is 63.8 cm³/mol. The van der Waals surface area contributed by atoms with Crippen molar-refractivity contribution in [2.45, 2.75) is 50.1 Å². The summed E-state index contributed by atoms with van der Waals surface area (Å²) in [5.41, 5.74) is -1.56. The third-order valence-corrected chi connectivity index (χ3v) is 4.95. The van der Waals surface area contributed by atoms with E-state index < -0.39 is 42.2 Å². The Morgan fingerprint density at radius 2 is 1.80 bits per heavy atom. The standard InChI is InChI=1S/C13H18F4N2O/c1-8(2)18-4-3-11(6-18)13(16,17)7-19(11)10(20)9-5-12(9,14)15/h8-9H,3-7H2,1-2H3. The van der Waals surface area contributed by atoms with Gasteiger partial charge in [-0.1, -0.05) is 0 Å². The van der Waals surface area contributed by atoms with Gasteiger partial charge in [-0.25, -0.2) is 17.6 Å². The van der Waals surface area contributed by atoms with Crippen LogP contribution in [0.5, 0.6) is 0 Å². The maximum atomic E-state index is 14.0. The minimum Gasteiger partial charge on any atom is -0.323 e. The van der Waals surface area contributed by atoms with Crippen molar-refractivity contribution in [1.29, 1.82) is 0 Å². The smallest absolute Gasteiger partial charge is 0.289 e. The molecular weight excluding hydrogens is 276 g/mol. The average Bonchev–Trinajstić information content (AvgIpc) is 2.80. The molecule has 0 aromatic rings. The molecule has 3 rings (SSSR count). The van der Waals surface area contributed by atoms with Crippen LogP contribution in [0, 0.1) is 5.92 Å². The van der Waals surface area contributed by atoms with Gasteiger partial charge in [0.15, 0.2) is 0 Å². The Balaban J connectivity index is 1.79. The van der Waals surface area contributed by atoms with Crippen LogP contribution in [0.1, 0.15) is 26.7 Å². The summed E-state index contributed by atoms with van der Waals surface area (Å²) in [5, 5.41) is 0. The maximum absolute atomic E-state index is 14.0. The van der Waals surface area contributed by atoms with Crippen LogP contribution in [-0.2, 0) is 4.79 Å². The maximum Gasteiger partial charge on any atom is 0.289 e. The van der Waals surface area contributed by atoms with E-state index in [9.17, 15) is 22.4 Å². The normalized spacial score (nSPS) is 38.4. The van der Waals surface area contributed by atoms with Crippen LogP contribution in [0.2, 0.25) is 0 Å². The van der Waals surface area contributed by atoms with Crippen molar-refractivity contribution in [2.24, 2.45) is 5.92 Å². The molecule has 3 nitrogen and oxygen atoms in total. The lowest BCUT2D eigenvalue weighted by molar-refractivity contribution is -0.238. The fourth-order valence-electron chi connectivity index (χ4n) is 3.34. The van der Waals surface area contributed by atoms with Crippen molar-refractivity contribution in [3.05, 3.63) is 0 Å². The number of rotatable bonds is 2. The number of nitrogens with zero attached hydrogens (tertiary/aromatic N) is 2. The minimum absolute atomic E-state index is 0.0711. The van der Waals surface area contributed by atoms with E-state index in [2.05, 4.69) is 0 Å². The molecule has 0 bridgehead atoms. The van der Waals surface area contributed by atoms with Gasteiger partial charge in [0.05, 0.1) is 6.54 Å². The lowest BCUT2D eigenvalue weighted by Crippen LogP contribution is -2.77. The SMILES string of the molecule is CC(C)N1CCC2(C1)N(C(=O)C1CC1(F)F)CC2(F)F. The van der Waals surface area contributed by atoms with E-state index in [-0.39, 0.29) is 19.0 Å². The topological polar surface area (TPSA) is 23.6 Å². The zero-order valence-electron chi connectivity index (χ0n) is 11.5. The first kappa shape index (κ1) is 14.1. The first-order valence-electron chi connectivity index (χ1n) is 6.92. The van der Waals surface area contributed by atoms with E-state index >= 15 is 0 Å². The van der Waals surface area contributed by atoms with Gasteiger partial charge in [-0.05, 0) is 20.3 Å². The van der Waals surface area contributed by atoms with Crippen LogP contribution in [0.25, 0.3) is 0 Å². The highest BCUT2D eigenvalue weighted by Crippen LogP contribution is 2.56. The molecule has 1 saturated carbocycles. The molecule has 1 amide bonds. The molecule has 0 aromatic heterocycles. The van der Waals surface area contributed by atoms with Gasteiger partial charge in [0.1, 0.15) is 11.5 Å². The van der Waals surface area contributed by atoms with Gasteiger partial charge in [-0.2, -0.15) is 0 Å². The molecule has 114 valence electrons. The average molecular weight is 294 g/mol. The second kappa shape index (κ2) is 3.87. The molecule has 0 radical (unpaired) electrons. The molecule has 0 N–H and O–H groups in total. The summed E-state index contributed by atoms with van der Waals surface area (Å²) < 4.78 is 54.0. The van der Waals surface area contributed by atoms with E-state index in [0.29, 0.717) is 6.54 Å². The monoisotopic (exact) mass is 294 g/mol. The summed E-state index contributed by atoms with van der Waals surface area (Å²) in [7, 11) is 0. The molecule has 1 aliphatic carbocycles. The Morgan fingerprint density at radius 1 is 1.20 bits per heavy atom. The molecular formula is C13H18F4N2O. The van der Waals surface area contributed by atoms with Crippen LogP contribution >= 0.6 is 0 Å². The highest BCUT2D eigenvalue weighted by Gasteiger charge is 2.74. The fraction of sp³-hybridized carbons (Fsp3) is 0.923. The zero-order chi connectivity index (χ0) is 14.9. The van der Waals surface area contributed by atoms with Crippen LogP contribution in [0.4, 0.5) is 17.6 Å². The molecule has 2 heterocycles. The third-order valence-electron chi connectivity index (χ3n) is 4.95. The summed E-state index contributed by atoms with van der Waals surface area (Å²) in [5.74, 6) is -8.16. The Labute approximate surface area is 114 Å². The Morgan fingerprint density at radius 3 is 2.20 bits per heavy atom. The molecule has 2 aliphatic heterocycles. The lowest BCUT2D eigenvalue weighted by atomic mass is 9.79. The van der Waals surface area contributed by atoms with E-state index in [1.807, 2.05) is 18.7 Å². The quantitative estimate of drug-likeness (QED) is 0.727. The molecule has 3 fully saturated rings. The van der Waals surface area contributed by atoms with Gasteiger partial charge < -0.3 is 4.90 Å². The van der Waals surface area contributed by atoms with Gasteiger partial charge in [0.25, 0.3) is 11.8 Å². The van der Waals surface area contributed by atoms with E-state index in [1.54, 1.807) is 0 Å². The van der Waals surface area contributed by atoms with Gasteiger partial charge in [-0.15, -0.1) is 0 Å². The molecule has 0 aromatic carbocycles. The molecule has 3 aliphatic rings. The molecule has 2 unspecified atom stereocenters. The number of amides is 1. The number of carbonyl (C=O) groups excluding carboxylic acids is 1. The molecule has 20 heavy (non-hydrogen) atoms. The second-order valence-corrected chi connectivity index (χ2v) is 6.49. The summed E-state index contributed by atoms with van der Waals surface area (Å²) in [4.78, 5) is 14.9. The van der Waals surface area contributed by atoms with Crippen LogP contribution in [-0.4, -0.2) is 58.8 Å². The number of hydrogen-bond acceptors (Lipinski definition) is 2. The number of likely N-dealkylation sites (tertiary alicyclic amines) is 2. The fourth-order valence-corrected chi connectivity index (χ4v) is 3.34. The summed E-state index contributed by atoms with van der Waals surface area (Å²) >= 11 is 0. The second-order valence-electron chi connectivity index (χ2n) is 6.49. The van der Waals surface area contributed by atoms with Gasteiger partial charge in [0.2, 0.25) is 5.91 Å². The summed E-state index contributed by atoms with van der Waals surface area (Å²) in [6, 6.07) is 0.102. The van der Waals surface area contributed by atoms with E-state index in [1.165, 1.54) is 0 Å². The zero-order valence-corrected chi connectivity index (χ0v) is 11.5. The largest absolute Gasteiger partial charge is 0.323 e. The van der Waals surface area contributed by atoms with Crippen molar-refractivity contribution in [1.82, 2.24) is 9.80 Å². The molecule has 2 saturated heterocycles. The lowest BCUT2D eigenvalue weighted by Gasteiger charge is -2.56. The van der Waals surface area contributed by atoms with Crippen molar-refractivity contribution in [3.63, 3.8) is 0 Å². The van der Waals surface area contributed by atoms with Gasteiger partial charge >= 0.3 is 0 Å². The highest BCUT2D eigenvalue weighted by atomic mass is 19.3. The predicted octanol–water partition coefficient (Wildman–Crippen LogP) is 1.97. The van der Waals surface area contributed by atoms with Gasteiger partial charge in [0, 0.05) is 25.6 Å². The van der Waals surface area contributed by atoms with Crippen LogP contribution in [0.15, 0.2) is 0 Å². The molecule has 7 heteroatoms. The van der Waals surface area contributed by atoms with E-state index in [0.717, 1.165) is 4.90 Å². The summed E-state index contributed by atoms with van der Waals surface area (Å²) in [6.07, 6.45) is -0.347. The first-order valence-corrected chi connectivity index (χ1v) is 6.92. The Kier molecular flexibility index (Phi) is 2.73. The number of halogens is 4. The van der Waals surface area contributed by atoms with Gasteiger partial charge in [-0.3, -0.25) is 9.69 Å². The highest BCUT2D eigenvalue weighted by molar-refractivity contribution is 5.85. The van der Waals surface area contributed by atoms with E-state index in [4.69, 9.17) is 0 Å². The minimum atomic E-state index is -3.00. The van der Waals surface area contributed by atoms with Crippen molar-refractivity contribution in [2.75, 3.05) is 19.6 Å². The molecule has 2 atom stereocenters. The van der Waals surface area contributed by atoms with Crippen molar-refractivity contribution >= 4 is 5.91 Å². The molecule has 1 spiro atoms. The Hall–Kier alpha value is -0.850. The number of carbonyl (C=O) groups is 1. The Bertz CT molecular complexity index is 454. The number of hydrogen-bond donors (Lipinski definition) is 0. The van der Waals surface area contributed by atoms with Crippen LogP contribution in [0.3, 0.4) is 0 Å². The van der Waals surface area contributed by atoms with Crippen molar-refractivity contribution < 1.29 is 22.4 Å².